The van der Waals surface area contributed by atoms with Gasteiger partial charge in [-0.2, -0.15) is 0 Å². The Bertz CT molecular complexity index is 845. The lowest BCUT2D eigenvalue weighted by Gasteiger charge is -2.12. The van der Waals surface area contributed by atoms with Gasteiger partial charge in [0.15, 0.2) is 5.11 Å². The average Bonchev–Trinajstić information content (AvgIpc) is 2.69. The smallest absolute Gasteiger partial charge is 0.257 e. The number of benzene rings is 2. The van der Waals surface area contributed by atoms with Gasteiger partial charge in [-0.3, -0.25) is 10.1 Å². The van der Waals surface area contributed by atoms with Crippen molar-refractivity contribution in [2.75, 3.05) is 11.9 Å². The molecule has 0 bridgehead atoms. The molecule has 0 aliphatic heterocycles. The zero-order valence-corrected chi connectivity index (χ0v) is 19.1. The highest BCUT2D eigenvalue weighted by Crippen LogP contribution is 2.32. The number of anilines is 1. The Hall–Kier alpha value is -1.53. The van der Waals surface area contributed by atoms with Gasteiger partial charge in [-0.1, -0.05) is 67.4 Å². The van der Waals surface area contributed by atoms with Crippen molar-refractivity contribution in [2.24, 2.45) is 0 Å². The number of hydrogen-bond acceptors (Lipinski definition) is 3. The molecule has 8 heteroatoms. The van der Waals surface area contributed by atoms with Crippen molar-refractivity contribution in [1.82, 2.24) is 5.32 Å². The lowest BCUT2D eigenvalue weighted by molar-refractivity contribution is 0.0977. The first-order valence-corrected chi connectivity index (χ1v) is 10.9. The minimum absolute atomic E-state index is 0.0997. The SMILES string of the molecule is CCCCCCCOc1ccc(C(=O)NC(=S)Nc2cc(Cl)c(Cl)cc2Cl)cc1. The Morgan fingerprint density at radius 2 is 1.62 bits per heavy atom. The molecule has 0 aliphatic rings. The molecule has 0 fully saturated rings. The molecule has 0 heterocycles. The summed E-state index contributed by atoms with van der Waals surface area (Å²) in [6.45, 7) is 2.87. The molecule has 0 unspecified atom stereocenters. The molecule has 0 atom stereocenters. The quantitative estimate of drug-likeness (QED) is 0.231. The Morgan fingerprint density at radius 3 is 2.31 bits per heavy atom. The fourth-order valence-corrected chi connectivity index (χ4v) is 3.34. The molecule has 4 nitrogen and oxygen atoms in total. The van der Waals surface area contributed by atoms with E-state index >= 15 is 0 Å². The van der Waals surface area contributed by atoms with Crippen LogP contribution in [0.25, 0.3) is 0 Å². The predicted octanol–water partition coefficient (Wildman–Crippen LogP) is 7.12. The van der Waals surface area contributed by atoms with E-state index in [2.05, 4.69) is 17.6 Å². The van der Waals surface area contributed by atoms with Crippen LogP contribution in [0.3, 0.4) is 0 Å². The van der Waals surface area contributed by atoms with E-state index < -0.39 is 0 Å². The van der Waals surface area contributed by atoms with Gasteiger partial charge in [-0.15, -0.1) is 0 Å². The van der Waals surface area contributed by atoms with Gasteiger partial charge in [0.25, 0.3) is 5.91 Å². The summed E-state index contributed by atoms with van der Waals surface area (Å²) in [5.74, 6) is 0.394. The number of hydrogen-bond donors (Lipinski definition) is 2. The maximum atomic E-state index is 12.4. The molecule has 0 saturated carbocycles. The number of nitrogens with one attached hydrogen (secondary N) is 2. The van der Waals surface area contributed by atoms with Crippen LogP contribution in [-0.4, -0.2) is 17.6 Å². The van der Waals surface area contributed by atoms with Crippen LogP contribution in [0.2, 0.25) is 15.1 Å². The van der Waals surface area contributed by atoms with Gasteiger partial charge in [0.1, 0.15) is 5.75 Å². The summed E-state index contributed by atoms with van der Waals surface area (Å²) in [5.41, 5.74) is 0.915. The van der Waals surface area contributed by atoms with E-state index in [1.165, 1.54) is 31.7 Å². The summed E-state index contributed by atoms with van der Waals surface area (Å²) in [6, 6.07) is 9.97. The molecule has 2 N–H and O–H groups in total. The molecular formula is C21H23Cl3N2O2S. The fourth-order valence-electron chi connectivity index (χ4n) is 2.55. The second-order valence-electron chi connectivity index (χ2n) is 6.44. The molecule has 0 radical (unpaired) electrons. The maximum absolute atomic E-state index is 12.4. The highest BCUT2D eigenvalue weighted by atomic mass is 35.5. The number of thiocarbonyl (C=S) groups is 1. The van der Waals surface area contributed by atoms with Crippen LogP contribution in [0.1, 0.15) is 49.4 Å². The van der Waals surface area contributed by atoms with E-state index in [9.17, 15) is 4.79 Å². The molecule has 156 valence electrons. The first-order chi connectivity index (χ1) is 13.9. The largest absolute Gasteiger partial charge is 0.494 e. The minimum Gasteiger partial charge on any atom is -0.494 e. The Balaban J connectivity index is 1.82. The Morgan fingerprint density at radius 1 is 0.966 bits per heavy atom. The third-order valence-electron chi connectivity index (χ3n) is 4.12. The normalized spacial score (nSPS) is 10.5. The molecule has 0 saturated heterocycles. The number of halogens is 3. The van der Waals surface area contributed by atoms with E-state index in [4.69, 9.17) is 51.8 Å². The summed E-state index contributed by atoms with van der Waals surface area (Å²) in [7, 11) is 0. The molecule has 2 aromatic carbocycles. The van der Waals surface area contributed by atoms with Crippen molar-refractivity contribution in [3.63, 3.8) is 0 Å². The Kier molecular flexibility index (Phi) is 10.0. The second kappa shape index (κ2) is 12.2. The van der Waals surface area contributed by atoms with Crippen LogP contribution in [0.15, 0.2) is 36.4 Å². The fraction of sp³-hybridized carbons (Fsp3) is 0.333. The molecule has 2 rings (SSSR count). The average molecular weight is 474 g/mol. The summed E-state index contributed by atoms with van der Waals surface area (Å²) in [5, 5.41) is 6.54. The monoisotopic (exact) mass is 472 g/mol. The lowest BCUT2D eigenvalue weighted by Crippen LogP contribution is -2.34. The number of amides is 1. The van der Waals surface area contributed by atoms with Crippen LogP contribution in [0.4, 0.5) is 5.69 Å². The van der Waals surface area contributed by atoms with Crippen molar-refractivity contribution in [3.05, 3.63) is 57.0 Å². The van der Waals surface area contributed by atoms with Crippen molar-refractivity contribution < 1.29 is 9.53 Å². The molecule has 2 aromatic rings. The third kappa shape index (κ3) is 8.01. The maximum Gasteiger partial charge on any atom is 0.257 e. The van der Waals surface area contributed by atoms with Crippen LogP contribution in [0.5, 0.6) is 5.75 Å². The third-order valence-corrected chi connectivity index (χ3v) is 5.36. The molecule has 0 aromatic heterocycles. The van der Waals surface area contributed by atoms with Gasteiger partial charge in [-0.25, -0.2) is 0 Å². The number of ether oxygens (including phenoxy) is 1. The van der Waals surface area contributed by atoms with Crippen LogP contribution in [-0.2, 0) is 0 Å². The van der Waals surface area contributed by atoms with Crippen molar-refractivity contribution >= 4 is 63.7 Å². The minimum atomic E-state index is -0.343. The van der Waals surface area contributed by atoms with Gasteiger partial charge in [0.2, 0.25) is 0 Å². The summed E-state index contributed by atoms with van der Waals surface area (Å²) in [6.07, 6.45) is 5.92. The topological polar surface area (TPSA) is 50.4 Å². The standard InChI is InChI=1S/C21H23Cl3N2O2S/c1-2-3-4-5-6-11-28-15-9-7-14(8-10-15)20(27)26-21(29)25-19-13-17(23)16(22)12-18(19)24/h7-10,12-13H,2-6,11H2,1H3,(H2,25,26,27,29). The van der Waals surface area contributed by atoms with Crippen LogP contribution < -0.4 is 15.4 Å². The molecular weight excluding hydrogens is 451 g/mol. The second-order valence-corrected chi connectivity index (χ2v) is 8.07. The predicted molar refractivity (Wildman–Crippen MR) is 126 cm³/mol. The molecule has 1 amide bonds. The molecule has 29 heavy (non-hydrogen) atoms. The molecule has 0 aliphatic carbocycles. The first-order valence-electron chi connectivity index (χ1n) is 9.40. The summed E-state index contributed by atoms with van der Waals surface area (Å²) >= 11 is 23.2. The van der Waals surface area contributed by atoms with E-state index in [1.54, 1.807) is 30.3 Å². The number of rotatable bonds is 9. The van der Waals surface area contributed by atoms with E-state index in [-0.39, 0.29) is 11.0 Å². The van der Waals surface area contributed by atoms with Crippen molar-refractivity contribution in [1.29, 1.82) is 0 Å². The van der Waals surface area contributed by atoms with Gasteiger partial charge in [0, 0.05) is 5.56 Å². The Labute approximate surface area is 191 Å². The number of carbonyl (C=O) groups is 1. The van der Waals surface area contributed by atoms with E-state index in [1.807, 2.05) is 0 Å². The summed E-state index contributed by atoms with van der Waals surface area (Å²) in [4.78, 5) is 12.4. The lowest BCUT2D eigenvalue weighted by atomic mass is 10.2. The first kappa shape index (κ1) is 23.7. The van der Waals surface area contributed by atoms with E-state index in [0.717, 1.165) is 12.2 Å². The van der Waals surface area contributed by atoms with E-state index in [0.29, 0.717) is 32.9 Å². The zero-order valence-electron chi connectivity index (χ0n) is 16.1. The summed E-state index contributed by atoms with van der Waals surface area (Å²) < 4.78 is 5.71. The van der Waals surface area contributed by atoms with Gasteiger partial charge >= 0.3 is 0 Å². The molecule has 0 spiro atoms. The van der Waals surface area contributed by atoms with Crippen molar-refractivity contribution in [2.45, 2.75) is 39.0 Å². The van der Waals surface area contributed by atoms with Crippen LogP contribution in [0, 0.1) is 0 Å². The zero-order chi connectivity index (χ0) is 21.2. The van der Waals surface area contributed by atoms with Gasteiger partial charge in [0.05, 0.1) is 27.4 Å². The van der Waals surface area contributed by atoms with Crippen molar-refractivity contribution in [3.8, 4) is 5.75 Å². The van der Waals surface area contributed by atoms with Gasteiger partial charge in [-0.05, 0) is 55.0 Å². The number of unbranched alkanes of at least 4 members (excludes halogenated alkanes) is 4. The van der Waals surface area contributed by atoms with Gasteiger partial charge < -0.3 is 10.1 Å². The highest BCUT2D eigenvalue weighted by Gasteiger charge is 2.11. The number of carbonyl (C=O) groups excluding carboxylic acids is 1. The van der Waals surface area contributed by atoms with Crippen LogP contribution >= 0.6 is 47.0 Å². The highest BCUT2D eigenvalue weighted by molar-refractivity contribution is 7.80.